The van der Waals surface area contributed by atoms with E-state index in [1.54, 1.807) is 0 Å². The van der Waals surface area contributed by atoms with Gasteiger partial charge in [-0.15, -0.1) is 0 Å². The molecule has 4 heteroatoms. The maximum atomic E-state index is 8.74. The minimum atomic E-state index is -3.13. The summed E-state index contributed by atoms with van der Waals surface area (Å²) in [4.78, 5) is 14.3. The van der Waals surface area contributed by atoms with Crippen molar-refractivity contribution in [2.75, 3.05) is 0 Å². The molecule has 0 aliphatic carbocycles. The monoisotopic (exact) mass is 186 g/mol. The Hall–Kier alpha value is -0.890. The van der Waals surface area contributed by atoms with Crippen LogP contribution in [0.5, 0.6) is 0 Å². The van der Waals surface area contributed by atoms with E-state index in [0.717, 1.165) is 0 Å². The molecule has 0 amide bonds. The van der Waals surface area contributed by atoms with Gasteiger partial charge >= 0.3 is 8.25 Å². The van der Waals surface area contributed by atoms with E-state index in [1.807, 2.05) is 36.4 Å². The third kappa shape index (κ3) is 7.22. The highest BCUT2D eigenvalue weighted by molar-refractivity contribution is 7.30. The van der Waals surface area contributed by atoms with Crippen molar-refractivity contribution in [2.45, 2.75) is 0 Å². The van der Waals surface area contributed by atoms with Crippen molar-refractivity contribution in [3.8, 4) is 0 Å². The second-order valence-corrected chi connectivity index (χ2v) is 2.46. The molecule has 0 saturated carbocycles. The Bertz CT molecular complexity index is 242. The SMILES string of the molecule is C=Cc1ccccc1.O=[PH](O)O. The summed E-state index contributed by atoms with van der Waals surface area (Å²) < 4.78 is 8.74. The van der Waals surface area contributed by atoms with E-state index in [2.05, 4.69) is 6.58 Å². The Morgan fingerprint density at radius 3 is 1.92 bits per heavy atom. The molecule has 2 N–H and O–H groups in total. The van der Waals surface area contributed by atoms with Crippen LogP contribution in [0.1, 0.15) is 5.56 Å². The van der Waals surface area contributed by atoms with Gasteiger partial charge in [0.2, 0.25) is 0 Å². The maximum absolute atomic E-state index is 8.74. The van der Waals surface area contributed by atoms with Crippen molar-refractivity contribution < 1.29 is 14.4 Å². The van der Waals surface area contributed by atoms with Gasteiger partial charge in [-0.1, -0.05) is 43.0 Å². The summed E-state index contributed by atoms with van der Waals surface area (Å²) in [7, 11) is -3.13. The first-order valence-electron chi connectivity index (χ1n) is 3.26. The Morgan fingerprint density at radius 2 is 1.67 bits per heavy atom. The van der Waals surface area contributed by atoms with Crippen molar-refractivity contribution in [2.24, 2.45) is 0 Å². The summed E-state index contributed by atoms with van der Waals surface area (Å²) in [5.74, 6) is 0. The summed E-state index contributed by atoms with van der Waals surface area (Å²) in [5.41, 5.74) is 1.17. The quantitative estimate of drug-likeness (QED) is 0.656. The van der Waals surface area contributed by atoms with E-state index in [9.17, 15) is 0 Å². The third-order valence-corrected chi connectivity index (χ3v) is 1.04. The van der Waals surface area contributed by atoms with Gasteiger partial charge in [-0.2, -0.15) is 0 Å². The van der Waals surface area contributed by atoms with Crippen molar-refractivity contribution >= 4 is 14.3 Å². The highest BCUT2D eigenvalue weighted by atomic mass is 31.1. The predicted octanol–water partition coefficient (Wildman–Crippen LogP) is 1.69. The van der Waals surface area contributed by atoms with E-state index in [-0.39, 0.29) is 0 Å². The van der Waals surface area contributed by atoms with Gasteiger partial charge in [-0.05, 0) is 5.56 Å². The van der Waals surface area contributed by atoms with Crippen LogP contribution < -0.4 is 0 Å². The summed E-state index contributed by atoms with van der Waals surface area (Å²) >= 11 is 0. The fourth-order valence-corrected chi connectivity index (χ4v) is 0.589. The Labute approximate surface area is 71.9 Å². The van der Waals surface area contributed by atoms with Gasteiger partial charge in [0.15, 0.2) is 0 Å². The summed E-state index contributed by atoms with van der Waals surface area (Å²) in [5, 5.41) is 0. The molecule has 0 unspecified atom stereocenters. The average Bonchev–Trinajstić information content (AvgIpc) is 2.05. The molecule has 66 valence electrons. The molecule has 1 aromatic carbocycles. The lowest BCUT2D eigenvalue weighted by molar-refractivity contribution is 0.405. The molecule has 0 radical (unpaired) electrons. The van der Waals surface area contributed by atoms with E-state index in [4.69, 9.17) is 14.4 Å². The molecule has 0 atom stereocenters. The van der Waals surface area contributed by atoms with E-state index >= 15 is 0 Å². The molecule has 0 aliphatic rings. The number of hydrogen-bond acceptors (Lipinski definition) is 1. The van der Waals surface area contributed by atoms with E-state index < -0.39 is 8.25 Å². The standard InChI is InChI=1S/C8H8.H3O3P/c1-2-8-6-4-3-5-7-8;1-4(2)3/h2-7H,1H2;4H,(H2,1,2,3). The molecule has 1 aromatic rings. The minimum Gasteiger partial charge on any atom is -0.326 e. The molecular weight excluding hydrogens is 175 g/mol. The van der Waals surface area contributed by atoms with Crippen LogP contribution in [0.15, 0.2) is 36.9 Å². The number of rotatable bonds is 1. The fraction of sp³-hybridized carbons (Fsp3) is 0. The lowest BCUT2D eigenvalue weighted by Crippen LogP contribution is -1.63. The second-order valence-electron chi connectivity index (χ2n) is 1.90. The molecule has 3 nitrogen and oxygen atoms in total. The lowest BCUT2D eigenvalue weighted by Gasteiger charge is -1.85. The van der Waals surface area contributed by atoms with Gasteiger partial charge < -0.3 is 9.79 Å². The summed E-state index contributed by atoms with van der Waals surface area (Å²) in [6, 6.07) is 10.0. The first kappa shape index (κ1) is 11.1. The Kier molecular flexibility index (Phi) is 6.29. The van der Waals surface area contributed by atoms with Crippen molar-refractivity contribution in [3.05, 3.63) is 42.5 Å². The largest absolute Gasteiger partial charge is 0.326 e. The van der Waals surface area contributed by atoms with Crippen LogP contribution in [0.2, 0.25) is 0 Å². The molecular formula is C8H11O3P. The van der Waals surface area contributed by atoms with Gasteiger partial charge in [-0.25, -0.2) is 0 Å². The first-order valence-corrected chi connectivity index (χ1v) is 4.56. The smallest absolute Gasteiger partial charge is 0.314 e. The van der Waals surface area contributed by atoms with E-state index in [0.29, 0.717) is 0 Å². The van der Waals surface area contributed by atoms with Crippen LogP contribution in [0, 0.1) is 0 Å². The second kappa shape index (κ2) is 6.80. The zero-order chi connectivity index (χ0) is 9.40. The summed E-state index contributed by atoms with van der Waals surface area (Å²) in [6.07, 6.45) is 1.83. The molecule has 0 saturated heterocycles. The Balaban J connectivity index is 0.000000261. The van der Waals surface area contributed by atoms with Crippen LogP contribution in [-0.2, 0) is 4.57 Å². The zero-order valence-electron chi connectivity index (χ0n) is 6.47. The van der Waals surface area contributed by atoms with Crippen LogP contribution in [-0.4, -0.2) is 9.79 Å². The highest BCUT2D eigenvalue weighted by Crippen LogP contribution is 1.98. The highest BCUT2D eigenvalue weighted by Gasteiger charge is 1.75. The molecule has 0 aliphatic heterocycles. The van der Waals surface area contributed by atoms with Crippen LogP contribution >= 0.6 is 8.25 Å². The number of hydrogen-bond donors (Lipinski definition) is 2. The minimum absolute atomic E-state index is 1.17. The van der Waals surface area contributed by atoms with Crippen LogP contribution in [0.3, 0.4) is 0 Å². The molecule has 0 bridgehead atoms. The van der Waals surface area contributed by atoms with Crippen molar-refractivity contribution in [1.29, 1.82) is 0 Å². The van der Waals surface area contributed by atoms with Crippen LogP contribution in [0.4, 0.5) is 0 Å². The van der Waals surface area contributed by atoms with Gasteiger partial charge in [0.1, 0.15) is 0 Å². The average molecular weight is 186 g/mol. The zero-order valence-corrected chi connectivity index (χ0v) is 7.47. The van der Waals surface area contributed by atoms with Crippen molar-refractivity contribution in [3.63, 3.8) is 0 Å². The van der Waals surface area contributed by atoms with E-state index in [1.165, 1.54) is 5.56 Å². The molecule has 0 aromatic heterocycles. The molecule has 0 spiro atoms. The summed E-state index contributed by atoms with van der Waals surface area (Å²) in [6.45, 7) is 3.63. The topological polar surface area (TPSA) is 57.5 Å². The fourth-order valence-electron chi connectivity index (χ4n) is 0.589. The van der Waals surface area contributed by atoms with Crippen molar-refractivity contribution in [1.82, 2.24) is 0 Å². The maximum Gasteiger partial charge on any atom is 0.314 e. The molecule has 1 rings (SSSR count). The third-order valence-electron chi connectivity index (χ3n) is 1.04. The Morgan fingerprint density at radius 1 is 1.25 bits per heavy atom. The van der Waals surface area contributed by atoms with Gasteiger partial charge in [-0.3, -0.25) is 4.57 Å². The van der Waals surface area contributed by atoms with Gasteiger partial charge in [0, 0.05) is 0 Å². The van der Waals surface area contributed by atoms with Gasteiger partial charge in [0.05, 0.1) is 0 Å². The predicted molar refractivity (Wildman–Crippen MR) is 50.0 cm³/mol. The molecule has 0 fully saturated rings. The normalized spacial score (nSPS) is 8.58. The first-order chi connectivity index (χ1) is 5.66. The van der Waals surface area contributed by atoms with Gasteiger partial charge in [0.25, 0.3) is 0 Å². The van der Waals surface area contributed by atoms with Crippen LogP contribution in [0.25, 0.3) is 6.08 Å². The number of benzene rings is 1. The molecule has 12 heavy (non-hydrogen) atoms. The molecule has 0 heterocycles. The lowest BCUT2D eigenvalue weighted by atomic mass is 10.2.